The standard InChI is InChI=1S/C25H32N4O2/c1-3-5-14-28-21-13-9-7-11-19(21)26-22(28)15-29-20-12-8-6-10-18(20)25(24(29)31)16-27(17-25)23(30)4-2/h6,8,10,12H,3-5,7,9,11,13-17H2,1-2H3. The third-order valence-corrected chi connectivity index (χ3v) is 7.29. The number of aryl methyl sites for hydroxylation is 1. The van der Waals surface area contributed by atoms with Crippen LogP contribution in [-0.2, 0) is 40.9 Å². The molecular formula is C25H32N4O2. The zero-order valence-electron chi connectivity index (χ0n) is 18.7. The van der Waals surface area contributed by atoms with Gasteiger partial charge in [-0.3, -0.25) is 9.59 Å². The normalized spacial score (nSPS) is 18.8. The number of hydrogen-bond donors (Lipinski definition) is 0. The van der Waals surface area contributed by atoms with E-state index in [9.17, 15) is 9.59 Å². The number of carbonyl (C=O) groups excluding carboxylic acids is 2. The van der Waals surface area contributed by atoms with Crippen molar-refractivity contribution in [3.8, 4) is 0 Å². The first-order chi connectivity index (χ1) is 15.1. The topological polar surface area (TPSA) is 58.4 Å². The van der Waals surface area contributed by atoms with Crippen molar-refractivity contribution in [1.82, 2.24) is 14.5 Å². The molecule has 6 heteroatoms. The summed E-state index contributed by atoms with van der Waals surface area (Å²) in [4.78, 5) is 34.7. The van der Waals surface area contributed by atoms with E-state index in [0.29, 0.717) is 26.1 Å². The fourth-order valence-electron chi connectivity index (χ4n) is 5.56. The fraction of sp³-hybridized carbons (Fsp3) is 0.560. The van der Waals surface area contributed by atoms with Crippen molar-refractivity contribution in [2.45, 2.75) is 77.3 Å². The van der Waals surface area contributed by atoms with Gasteiger partial charge in [-0.15, -0.1) is 0 Å². The second-order valence-electron chi connectivity index (χ2n) is 9.23. The lowest BCUT2D eigenvalue weighted by Gasteiger charge is -2.46. The zero-order valence-corrected chi connectivity index (χ0v) is 18.7. The van der Waals surface area contributed by atoms with E-state index in [1.54, 1.807) is 0 Å². The minimum Gasteiger partial charge on any atom is -0.340 e. The Balaban J connectivity index is 1.47. The van der Waals surface area contributed by atoms with Crippen molar-refractivity contribution in [3.63, 3.8) is 0 Å². The highest BCUT2D eigenvalue weighted by molar-refractivity contribution is 6.10. The highest BCUT2D eigenvalue weighted by atomic mass is 16.2. The zero-order chi connectivity index (χ0) is 21.6. The third-order valence-electron chi connectivity index (χ3n) is 7.29. The number of hydrogen-bond acceptors (Lipinski definition) is 3. The van der Waals surface area contributed by atoms with E-state index in [-0.39, 0.29) is 11.8 Å². The predicted molar refractivity (Wildman–Crippen MR) is 120 cm³/mol. The van der Waals surface area contributed by atoms with E-state index in [4.69, 9.17) is 4.98 Å². The van der Waals surface area contributed by atoms with Gasteiger partial charge in [0, 0.05) is 37.4 Å². The Hall–Kier alpha value is -2.63. The number of imidazole rings is 1. The van der Waals surface area contributed by atoms with Gasteiger partial charge in [-0.2, -0.15) is 0 Å². The van der Waals surface area contributed by atoms with Crippen LogP contribution in [0.25, 0.3) is 0 Å². The first kappa shape index (κ1) is 20.3. The molecule has 0 bridgehead atoms. The fourth-order valence-corrected chi connectivity index (χ4v) is 5.56. The van der Waals surface area contributed by atoms with Gasteiger partial charge < -0.3 is 14.4 Å². The van der Waals surface area contributed by atoms with Crippen LogP contribution < -0.4 is 4.90 Å². The lowest BCUT2D eigenvalue weighted by molar-refractivity contribution is -0.143. The Labute approximate surface area is 184 Å². The molecule has 1 aliphatic carbocycles. The number of nitrogens with zero attached hydrogens (tertiary/aromatic N) is 4. The summed E-state index contributed by atoms with van der Waals surface area (Å²) in [6, 6.07) is 8.12. The smallest absolute Gasteiger partial charge is 0.241 e. The molecule has 3 heterocycles. The summed E-state index contributed by atoms with van der Waals surface area (Å²) >= 11 is 0. The Morgan fingerprint density at radius 3 is 2.68 bits per heavy atom. The van der Waals surface area contributed by atoms with Crippen molar-refractivity contribution in [3.05, 3.63) is 47.0 Å². The number of carbonyl (C=O) groups is 2. The molecule has 0 N–H and O–H groups in total. The molecule has 0 saturated carbocycles. The van der Waals surface area contributed by atoms with Gasteiger partial charge in [0.05, 0.1) is 12.2 Å². The van der Waals surface area contributed by atoms with Crippen molar-refractivity contribution in [1.29, 1.82) is 0 Å². The van der Waals surface area contributed by atoms with Gasteiger partial charge in [0.25, 0.3) is 0 Å². The molecule has 2 aromatic rings. The highest BCUT2D eigenvalue weighted by Crippen LogP contribution is 2.48. The number of rotatable bonds is 6. The predicted octanol–water partition coefficient (Wildman–Crippen LogP) is 3.60. The molecule has 2 amide bonds. The summed E-state index contributed by atoms with van der Waals surface area (Å²) < 4.78 is 2.40. The molecule has 1 spiro atoms. The van der Waals surface area contributed by atoms with Crippen LogP contribution in [0.5, 0.6) is 0 Å². The quantitative estimate of drug-likeness (QED) is 0.717. The molecule has 164 valence electrons. The Kier molecular flexibility index (Phi) is 5.11. The second-order valence-corrected chi connectivity index (χ2v) is 9.23. The molecule has 3 aliphatic rings. The number of benzene rings is 1. The minimum atomic E-state index is -0.581. The van der Waals surface area contributed by atoms with Crippen molar-refractivity contribution >= 4 is 17.5 Å². The van der Waals surface area contributed by atoms with E-state index >= 15 is 0 Å². The van der Waals surface area contributed by atoms with Gasteiger partial charge in [-0.25, -0.2) is 4.98 Å². The van der Waals surface area contributed by atoms with Gasteiger partial charge in [-0.05, 0) is 43.7 Å². The van der Waals surface area contributed by atoms with Crippen molar-refractivity contribution in [2.75, 3.05) is 18.0 Å². The summed E-state index contributed by atoms with van der Waals surface area (Å²) in [6.07, 6.45) is 7.31. The molecule has 5 rings (SSSR count). The summed E-state index contributed by atoms with van der Waals surface area (Å²) in [7, 11) is 0. The Bertz CT molecular complexity index is 1020. The number of amides is 2. The Morgan fingerprint density at radius 1 is 1.13 bits per heavy atom. The van der Waals surface area contributed by atoms with E-state index in [1.807, 2.05) is 34.9 Å². The van der Waals surface area contributed by atoms with Crippen LogP contribution in [0.4, 0.5) is 5.69 Å². The number of anilines is 1. The third kappa shape index (κ3) is 3.10. The molecular weight excluding hydrogens is 388 g/mol. The minimum absolute atomic E-state index is 0.122. The first-order valence-corrected chi connectivity index (χ1v) is 11.9. The number of aromatic nitrogens is 2. The lowest BCUT2D eigenvalue weighted by Crippen LogP contribution is -2.65. The molecule has 1 aromatic carbocycles. The molecule has 1 saturated heterocycles. The molecule has 1 aromatic heterocycles. The largest absolute Gasteiger partial charge is 0.340 e. The van der Waals surface area contributed by atoms with Gasteiger partial charge >= 0.3 is 0 Å². The number of unbranched alkanes of at least 4 members (excludes halogenated alkanes) is 1. The van der Waals surface area contributed by atoms with Gasteiger partial charge in [0.15, 0.2) is 0 Å². The number of fused-ring (bicyclic) bond motifs is 3. The van der Waals surface area contributed by atoms with E-state index < -0.39 is 5.41 Å². The molecule has 1 fully saturated rings. The SMILES string of the molecule is CCCCn1c(CN2C(=O)C3(CN(C(=O)CC)C3)c3ccccc32)nc2c1CCCC2. The van der Waals surface area contributed by atoms with E-state index in [2.05, 4.69) is 17.6 Å². The highest BCUT2D eigenvalue weighted by Gasteiger charge is 2.58. The molecule has 31 heavy (non-hydrogen) atoms. The maximum atomic E-state index is 13.7. The molecule has 0 atom stereocenters. The lowest BCUT2D eigenvalue weighted by atomic mass is 9.74. The number of likely N-dealkylation sites (tertiary alicyclic amines) is 1. The summed E-state index contributed by atoms with van der Waals surface area (Å²) in [5.41, 5.74) is 4.08. The van der Waals surface area contributed by atoms with Crippen LogP contribution in [0.1, 0.15) is 68.7 Å². The van der Waals surface area contributed by atoms with E-state index in [1.165, 1.54) is 24.2 Å². The van der Waals surface area contributed by atoms with Gasteiger partial charge in [0.1, 0.15) is 11.2 Å². The maximum Gasteiger partial charge on any atom is 0.241 e. The van der Waals surface area contributed by atoms with Gasteiger partial charge in [0.2, 0.25) is 11.8 Å². The molecule has 6 nitrogen and oxygen atoms in total. The summed E-state index contributed by atoms with van der Waals surface area (Å²) in [5.74, 6) is 1.26. The Morgan fingerprint density at radius 2 is 1.90 bits per heavy atom. The van der Waals surface area contributed by atoms with Crippen LogP contribution >= 0.6 is 0 Å². The monoisotopic (exact) mass is 420 g/mol. The van der Waals surface area contributed by atoms with Crippen LogP contribution in [0.15, 0.2) is 24.3 Å². The van der Waals surface area contributed by atoms with Crippen LogP contribution in [0.2, 0.25) is 0 Å². The van der Waals surface area contributed by atoms with Crippen LogP contribution in [0.3, 0.4) is 0 Å². The summed E-state index contributed by atoms with van der Waals surface area (Å²) in [5, 5.41) is 0. The average molecular weight is 421 g/mol. The van der Waals surface area contributed by atoms with Gasteiger partial charge in [-0.1, -0.05) is 38.5 Å². The first-order valence-electron chi connectivity index (χ1n) is 11.9. The van der Waals surface area contributed by atoms with Crippen LogP contribution in [-0.4, -0.2) is 39.4 Å². The maximum absolute atomic E-state index is 13.7. The van der Waals surface area contributed by atoms with Crippen molar-refractivity contribution in [2.24, 2.45) is 0 Å². The van der Waals surface area contributed by atoms with Crippen LogP contribution in [0, 0.1) is 0 Å². The van der Waals surface area contributed by atoms with E-state index in [0.717, 1.165) is 49.3 Å². The second kappa shape index (κ2) is 7.81. The molecule has 0 radical (unpaired) electrons. The average Bonchev–Trinajstić information content (AvgIpc) is 3.23. The molecule has 0 unspecified atom stereocenters. The number of para-hydroxylation sites is 1. The van der Waals surface area contributed by atoms with Crippen molar-refractivity contribution < 1.29 is 9.59 Å². The molecule has 2 aliphatic heterocycles. The summed E-state index contributed by atoms with van der Waals surface area (Å²) in [6.45, 7) is 6.56.